The van der Waals surface area contributed by atoms with Gasteiger partial charge in [0.05, 0.1) is 12.9 Å². The molecule has 6 heteroatoms. The molecule has 1 N–H and O–H groups in total. The fraction of sp³-hybridized carbons (Fsp3) is 0.429. The number of para-hydroxylation sites is 1. The molecule has 1 atom stereocenters. The van der Waals surface area contributed by atoms with Gasteiger partial charge in [0, 0.05) is 11.4 Å². The van der Waals surface area contributed by atoms with Crippen LogP contribution in [-0.4, -0.2) is 47.3 Å². The Morgan fingerprint density at radius 3 is 2.90 bits per heavy atom. The summed E-state index contributed by atoms with van der Waals surface area (Å²) < 4.78 is 4.72. The van der Waals surface area contributed by atoms with Gasteiger partial charge in [-0.1, -0.05) is 12.1 Å². The van der Waals surface area contributed by atoms with Crippen LogP contribution in [0.5, 0.6) is 5.75 Å². The highest BCUT2D eigenvalue weighted by atomic mass is 32.2. The maximum atomic E-state index is 12.2. The summed E-state index contributed by atoms with van der Waals surface area (Å²) in [6.45, 7) is 0.583. The molecule has 1 heterocycles. The molecular formula is C14H17NO4S. The van der Waals surface area contributed by atoms with Crippen LogP contribution in [0.1, 0.15) is 12.8 Å². The predicted octanol–water partition coefficient (Wildman–Crippen LogP) is 1.65. The van der Waals surface area contributed by atoms with E-state index < -0.39 is 6.04 Å². The maximum absolute atomic E-state index is 12.2. The fourth-order valence-corrected chi connectivity index (χ4v) is 3.08. The number of rotatable bonds is 4. The Morgan fingerprint density at radius 2 is 2.20 bits per heavy atom. The van der Waals surface area contributed by atoms with Crippen molar-refractivity contribution in [3.05, 3.63) is 24.3 Å². The summed E-state index contributed by atoms with van der Waals surface area (Å²) >= 11 is 1.27. The van der Waals surface area contributed by atoms with Crippen LogP contribution in [0.3, 0.4) is 0 Å². The number of hydrogen-bond acceptors (Lipinski definition) is 5. The molecule has 0 bridgehead atoms. The second kappa shape index (κ2) is 6.65. The SMILES string of the molecule is COC(=O)C1CCCN1C(=O)CSc1ccccc1O. The van der Waals surface area contributed by atoms with Crippen LogP contribution in [0, 0.1) is 0 Å². The summed E-state index contributed by atoms with van der Waals surface area (Å²) in [6, 6.07) is 6.42. The number of methoxy groups -OCH3 is 1. The number of benzene rings is 1. The topological polar surface area (TPSA) is 66.8 Å². The molecule has 0 saturated carbocycles. The third-order valence-electron chi connectivity index (χ3n) is 3.26. The van der Waals surface area contributed by atoms with Gasteiger partial charge in [-0.25, -0.2) is 4.79 Å². The van der Waals surface area contributed by atoms with Gasteiger partial charge < -0.3 is 14.7 Å². The number of hydrogen-bond donors (Lipinski definition) is 1. The summed E-state index contributed by atoms with van der Waals surface area (Å²) in [5.41, 5.74) is 0. The van der Waals surface area contributed by atoms with Crippen LogP contribution in [0.15, 0.2) is 29.2 Å². The molecule has 5 nitrogen and oxygen atoms in total. The van der Waals surface area contributed by atoms with Crippen molar-refractivity contribution in [2.45, 2.75) is 23.8 Å². The number of thioether (sulfide) groups is 1. The molecule has 2 rings (SSSR count). The summed E-state index contributed by atoms with van der Waals surface area (Å²) in [4.78, 5) is 26.0. The van der Waals surface area contributed by atoms with E-state index in [9.17, 15) is 14.7 Å². The Hall–Kier alpha value is -1.69. The van der Waals surface area contributed by atoms with Crippen molar-refractivity contribution < 1.29 is 19.4 Å². The zero-order chi connectivity index (χ0) is 14.5. The quantitative estimate of drug-likeness (QED) is 0.676. The average Bonchev–Trinajstić information content (AvgIpc) is 2.94. The van der Waals surface area contributed by atoms with Crippen LogP contribution in [0.4, 0.5) is 0 Å². The van der Waals surface area contributed by atoms with Crippen LogP contribution in [0.25, 0.3) is 0 Å². The number of carbonyl (C=O) groups excluding carboxylic acids is 2. The van der Waals surface area contributed by atoms with Crippen molar-refractivity contribution in [3.8, 4) is 5.75 Å². The van der Waals surface area contributed by atoms with Gasteiger partial charge in [0.25, 0.3) is 0 Å². The zero-order valence-electron chi connectivity index (χ0n) is 11.2. The number of phenolic OH excluding ortho intramolecular Hbond substituents is 1. The zero-order valence-corrected chi connectivity index (χ0v) is 12.1. The minimum Gasteiger partial charge on any atom is -0.507 e. The highest BCUT2D eigenvalue weighted by molar-refractivity contribution is 8.00. The number of aromatic hydroxyl groups is 1. The van der Waals surface area contributed by atoms with E-state index in [0.717, 1.165) is 6.42 Å². The highest BCUT2D eigenvalue weighted by Crippen LogP contribution is 2.28. The van der Waals surface area contributed by atoms with Gasteiger partial charge >= 0.3 is 5.97 Å². The number of phenols is 1. The first kappa shape index (κ1) is 14.7. The summed E-state index contributed by atoms with van der Waals surface area (Å²) in [7, 11) is 1.33. The largest absolute Gasteiger partial charge is 0.507 e. The number of ether oxygens (including phenoxy) is 1. The Bertz CT molecular complexity index is 506. The van der Waals surface area contributed by atoms with Gasteiger partial charge in [-0.2, -0.15) is 0 Å². The van der Waals surface area contributed by atoms with Crippen molar-refractivity contribution in [2.75, 3.05) is 19.4 Å². The lowest BCUT2D eigenvalue weighted by Crippen LogP contribution is -2.41. The standard InChI is InChI=1S/C14H17NO4S/c1-19-14(18)10-5-4-8-15(10)13(17)9-20-12-7-3-2-6-11(12)16/h2-3,6-7,10,16H,4-5,8-9H2,1H3. The third kappa shape index (κ3) is 3.25. The second-order valence-electron chi connectivity index (χ2n) is 4.52. The van der Waals surface area contributed by atoms with Crippen LogP contribution >= 0.6 is 11.8 Å². The number of nitrogens with zero attached hydrogens (tertiary/aromatic N) is 1. The van der Waals surface area contributed by atoms with Crippen molar-refractivity contribution in [1.82, 2.24) is 4.90 Å². The van der Waals surface area contributed by atoms with Crippen molar-refractivity contribution in [2.24, 2.45) is 0 Å². The van der Waals surface area contributed by atoms with E-state index in [1.165, 1.54) is 18.9 Å². The first-order valence-corrected chi connectivity index (χ1v) is 7.40. The molecule has 1 unspecified atom stereocenters. The van der Waals surface area contributed by atoms with Gasteiger partial charge in [-0.15, -0.1) is 11.8 Å². The van der Waals surface area contributed by atoms with E-state index in [1.807, 2.05) is 0 Å². The minimum atomic E-state index is -0.461. The number of esters is 1. The number of likely N-dealkylation sites (tertiary alicyclic amines) is 1. The summed E-state index contributed by atoms with van der Waals surface area (Å²) in [5, 5.41) is 9.65. The lowest BCUT2D eigenvalue weighted by molar-refractivity contribution is -0.150. The Kier molecular flexibility index (Phi) is 4.89. The Balaban J connectivity index is 1.95. The van der Waals surface area contributed by atoms with E-state index in [2.05, 4.69) is 0 Å². The summed E-state index contributed by atoms with van der Waals surface area (Å²) in [6.07, 6.45) is 1.46. The lowest BCUT2D eigenvalue weighted by atomic mass is 10.2. The molecule has 1 amide bonds. The van der Waals surface area contributed by atoms with Gasteiger partial charge in [0.2, 0.25) is 5.91 Å². The maximum Gasteiger partial charge on any atom is 0.328 e. The van der Waals surface area contributed by atoms with Gasteiger partial charge in [0.1, 0.15) is 11.8 Å². The Labute approximate surface area is 121 Å². The van der Waals surface area contributed by atoms with Crippen LogP contribution in [0.2, 0.25) is 0 Å². The normalized spacial score (nSPS) is 18.1. The van der Waals surface area contributed by atoms with Crippen LogP contribution in [-0.2, 0) is 14.3 Å². The molecule has 108 valence electrons. The summed E-state index contributed by atoms with van der Waals surface area (Å²) in [5.74, 6) is -0.101. The molecule has 0 spiro atoms. The molecule has 0 radical (unpaired) electrons. The molecule has 0 aliphatic carbocycles. The molecule has 1 aliphatic rings. The van der Waals surface area contributed by atoms with Crippen molar-refractivity contribution in [3.63, 3.8) is 0 Å². The van der Waals surface area contributed by atoms with Crippen molar-refractivity contribution >= 4 is 23.6 Å². The number of carbonyl (C=O) groups is 2. The van der Waals surface area contributed by atoms with Crippen molar-refractivity contribution in [1.29, 1.82) is 0 Å². The van der Waals surface area contributed by atoms with E-state index in [4.69, 9.17) is 4.74 Å². The third-order valence-corrected chi connectivity index (χ3v) is 4.31. The first-order chi connectivity index (χ1) is 9.63. The first-order valence-electron chi connectivity index (χ1n) is 6.41. The number of amides is 1. The van der Waals surface area contributed by atoms with Gasteiger partial charge in [-0.3, -0.25) is 4.79 Å². The molecule has 1 saturated heterocycles. The lowest BCUT2D eigenvalue weighted by Gasteiger charge is -2.22. The molecule has 0 aromatic heterocycles. The smallest absolute Gasteiger partial charge is 0.328 e. The highest BCUT2D eigenvalue weighted by Gasteiger charge is 2.34. The van der Waals surface area contributed by atoms with Gasteiger partial charge in [0.15, 0.2) is 0 Å². The molecular weight excluding hydrogens is 278 g/mol. The monoisotopic (exact) mass is 295 g/mol. The van der Waals surface area contributed by atoms with Crippen LogP contribution < -0.4 is 0 Å². The van der Waals surface area contributed by atoms with Gasteiger partial charge in [-0.05, 0) is 25.0 Å². The predicted molar refractivity (Wildman–Crippen MR) is 75.6 cm³/mol. The molecule has 1 aliphatic heterocycles. The molecule has 1 aromatic rings. The Morgan fingerprint density at radius 1 is 1.45 bits per heavy atom. The molecule has 20 heavy (non-hydrogen) atoms. The van der Waals surface area contributed by atoms with E-state index in [0.29, 0.717) is 17.9 Å². The fourth-order valence-electron chi connectivity index (χ4n) is 2.25. The molecule has 1 aromatic carbocycles. The van der Waals surface area contributed by atoms with E-state index in [1.54, 1.807) is 29.2 Å². The minimum absolute atomic E-state index is 0.105. The second-order valence-corrected chi connectivity index (χ2v) is 5.54. The van der Waals surface area contributed by atoms with E-state index >= 15 is 0 Å². The van der Waals surface area contributed by atoms with E-state index in [-0.39, 0.29) is 23.4 Å². The molecule has 1 fully saturated rings. The average molecular weight is 295 g/mol.